The summed E-state index contributed by atoms with van der Waals surface area (Å²) in [5.41, 5.74) is -0.200. The van der Waals surface area contributed by atoms with Crippen LogP contribution in [0.1, 0.15) is 37.6 Å². The normalized spacial score (nSPS) is 18.3. The molecule has 150 valence electrons. The maximum Gasteiger partial charge on any atom is 0.416 e. The number of nitrogens with one attached hydrogen (secondary N) is 1. The molecule has 0 spiro atoms. The van der Waals surface area contributed by atoms with E-state index in [4.69, 9.17) is 4.52 Å². The lowest BCUT2D eigenvalue weighted by molar-refractivity contribution is -0.137. The highest BCUT2D eigenvalue weighted by molar-refractivity contribution is 5.85. The predicted octanol–water partition coefficient (Wildman–Crippen LogP) is 4.14. The highest BCUT2D eigenvalue weighted by Crippen LogP contribution is 2.30. The van der Waals surface area contributed by atoms with Crippen LogP contribution < -0.4 is 5.32 Å². The lowest BCUT2D eigenvalue weighted by Gasteiger charge is -2.33. The monoisotopic (exact) mass is 404 g/mol. The first-order chi connectivity index (χ1) is 12.4. The van der Waals surface area contributed by atoms with Gasteiger partial charge in [-0.1, -0.05) is 23.7 Å². The van der Waals surface area contributed by atoms with E-state index in [9.17, 15) is 13.2 Å². The number of benzene rings is 1. The molecule has 1 fully saturated rings. The zero-order valence-corrected chi connectivity index (χ0v) is 15.9. The topological polar surface area (TPSA) is 54.2 Å². The van der Waals surface area contributed by atoms with Gasteiger partial charge in [0.1, 0.15) is 0 Å². The molecule has 0 amide bonds. The molecule has 1 N–H and O–H groups in total. The summed E-state index contributed by atoms with van der Waals surface area (Å²) in [6, 6.07) is 5.36. The van der Waals surface area contributed by atoms with E-state index < -0.39 is 11.7 Å². The van der Waals surface area contributed by atoms with Gasteiger partial charge in [-0.3, -0.25) is 4.90 Å². The molecule has 0 bridgehead atoms. The van der Waals surface area contributed by atoms with Gasteiger partial charge in [-0.25, -0.2) is 0 Å². The second kappa shape index (κ2) is 9.52. The first-order valence-electron chi connectivity index (χ1n) is 8.88. The molecule has 0 aliphatic carbocycles. The van der Waals surface area contributed by atoms with Crippen molar-refractivity contribution < 1.29 is 17.7 Å². The average Bonchev–Trinajstić information content (AvgIpc) is 3.08. The molecule has 1 aromatic heterocycles. The number of hydrogen-bond donors (Lipinski definition) is 1. The van der Waals surface area contributed by atoms with Crippen LogP contribution in [0.4, 0.5) is 13.2 Å². The summed E-state index contributed by atoms with van der Waals surface area (Å²) in [5, 5.41) is 7.12. The Bertz CT molecular complexity index is 705. The largest absolute Gasteiger partial charge is 0.416 e. The molecular weight excluding hydrogens is 381 g/mol. The van der Waals surface area contributed by atoms with Crippen LogP contribution in [0.25, 0.3) is 11.4 Å². The summed E-state index contributed by atoms with van der Waals surface area (Å²) in [6.07, 6.45) is -0.541. The maximum absolute atomic E-state index is 12.6. The number of piperidine rings is 1. The Kier molecular flexibility index (Phi) is 7.64. The number of likely N-dealkylation sites (tertiary alicyclic amines) is 1. The van der Waals surface area contributed by atoms with Gasteiger partial charge in [0.2, 0.25) is 11.7 Å². The molecule has 1 unspecified atom stereocenters. The van der Waals surface area contributed by atoms with Gasteiger partial charge >= 0.3 is 6.18 Å². The second-order valence-corrected chi connectivity index (χ2v) is 6.64. The van der Waals surface area contributed by atoms with Gasteiger partial charge in [-0.2, -0.15) is 18.2 Å². The Morgan fingerprint density at radius 1 is 1.22 bits per heavy atom. The highest BCUT2D eigenvalue weighted by atomic mass is 35.5. The molecule has 1 saturated heterocycles. The maximum atomic E-state index is 12.6. The predicted molar refractivity (Wildman–Crippen MR) is 98.6 cm³/mol. The van der Waals surface area contributed by atoms with E-state index >= 15 is 0 Å². The third kappa shape index (κ3) is 5.92. The SMILES string of the molecule is CC1CCCCN1CCNCc1nc(-c2ccc(C(F)(F)F)cc2)no1.Cl. The van der Waals surface area contributed by atoms with Crippen LogP contribution in [0.15, 0.2) is 28.8 Å². The van der Waals surface area contributed by atoms with Gasteiger partial charge in [0, 0.05) is 24.7 Å². The summed E-state index contributed by atoms with van der Waals surface area (Å²) in [7, 11) is 0. The number of nitrogens with zero attached hydrogens (tertiary/aromatic N) is 3. The molecule has 0 saturated carbocycles. The van der Waals surface area contributed by atoms with Gasteiger partial charge in [-0.15, -0.1) is 12.4 Å². The number of hydrogen-bond acceptors (Lipinski definition) is 5. The summed E-state index contributed by atoms with van der Waals surface area (Å²) in [5.74, 6) is 0.715. The van der Waals surface area contributed by atoms with Gasteiger partial charge < -0.3 is 9.84 Å². The zero-order chi connectivity index (χ0) is 18.6. The quantitative estimate of drug-likeness (QED) is 0.733. The number of halogens is 4. The van der Waals surface area contributed by atoms with Gasteiger partial charge in [0.25, 0.3) is 0 Å². The number of rotatable bonds is 6. The van der Waals surface area contributed by atoms with Crippen molar-refractivity contribution in [1.82, 2.24) is 20.4 Å². The Morgan fingerprint density at radius 3 is 2.63 bits per heavy atom. The zero-order valence-electron chi connectivity index (χ0n) is 15.1. The fourth-order valence-corrected chi connectivity index (χ4v) is 3.16. The first-order valence-corrected chi connectivity index (χ1v) is 8.88. The Balaban J connectivity index is 0.00000261. The molecule has 9 heteroatoms. The molecule has 1 aliphatic heterocycles. The molecule has 5 nitrogen and oxygen atoms in total. The molecule has 3 rings (SSSR count). The van der Waals surface area contributed by atoms with Crippen molar-refractivity contribution in [2.75, 3.05) is 19.6 Å². The Labute approximate surface area is 162 Å². The summed E-state index contributed by atoms with van der Waals surface area (Å²) in [4.78, 5) is 6.71. The Morgan fingerprint density at radius 2 is 1.96 bits per heavy atom. The van der Waals surface area contributed by atoms with Crippen LogP contribution in [0.5, 0.6) is 0 Å². The number of alkyl halides is 3. The molecule has 27 heavy (non-hydrogen) atoms. The Hall–Kier alpha value is -1.64. The minimum absolute atomic E-state index is 0. The fourth-order valence-electron chi connectivity index (χ4n) is 3.16. The standard InChI is InChI=1S/C18H23F3N4O.ClH/c1-13-4-2-3-10-25(13)11-9-22-12-16-23-17(24-26-16)14-5-7-15(8-6-14)18(19,20)21;/h5-8,13,22H,2-4,9-12H2,1H3;1H. The van der Waals surface area contributed by atoms with Crippen molar-refractivity contribution in [3.05, 3.63) is 35.7 Å². The van der Waals surface area contributed by atoms with Crippen LogP contribution in [-0.2, 0) is 12.7 Å². The van der Waals surface area contributed by atoms with E-state index in [2.05, 4.69) is 27.3 Å². The van der Waals surface area contributed by atoms with Crippen LogP contribution in [0, 0.1) is 0 Å². The van der Waals surface area contributed by atoms with Crippen molar-refractivity contribution in [2.45, 2.75) is 44.9 Å². The lowest BCUT2D eigenvalue weighted by atomic mass is 10.0. The third-order valence-corrected chi connectivity index (χ3v) is 4.73. The van der Waals surface area contributed by atoms with E-state index in [1.54, 1.807) is 0 Å². The molecule has 1 aliphatic rings. The van der Waals surface area contributed by atoms with Crippen LogP contribution in [0.3, 0.4) is 0 Å². The lowest BCUT2D eigenvalue weighted by Crippen LogP contribution is -2.41. The average molecular weight is 405 g/mol. The number of aromatic nitrogens is 2. The van der Waals surface area contributed by atoms with Gasteiger partial charge in [0.15, 0.2) is 0 Å². The summed E-state index contributed by atoms with van der Waals surface area (Å²) >= 11 is 0. The van der Waals surface area contributed by atoms with Gasteiger partial charge in [-0.05, 0) is 38.4 Å². The van der Waals surface area contributed by atoms with Crippen molar-refractivity contribution in [3.8, 4) is 11.4 Å². The van der Waals surface area contributed by atoms with Crippen LogP contribution in [0.2, 0.25) is 0 Å². The smallest absolute Gasteiger partial charge is 0.338 e. The van der Waals surface area contributed by atoms with E-state index in [0.717, 1.165) is 31.8 Å². The minimum Gasteiger partial charge on any atom is -0.338 e. The van der Waals surface area contributed by atoms with E-state index in [1.165, 1.54) is 31.4 Å². The van der Waals surface area contributed by atoms with Crippen LogP contribution >= 0.6 is 12.4 Å². The van der Waals surface area contributed by atoms with E-state index in [-0.39, 0.29) is 12.4 Å². The molecule has 1 aromatic carbocycles. The van der Waals surface area contributed by atoms with E-state index in [0.29, 0.717) is 29.9 Å². The van der Waals surface area contributed by atoms with E-state index in [1.807, 2.05) is 0 Å². The van der Waals surface area contributed by atoms with Crippen molar-refractivity contribution in [2.24, 2.45) is 0 Å². The second-order valence-electron chi connectivity index (χ2n) is 6.64. The van der Waals surface area contributed by atoms with Crippen molar-refractivity contribution >= 4 is 12.4 Å². The third-order valence-electron chi connectivity index (χ3n) is 4.73. The molecular formula is C18H24ClF3N4O. The molecule has 2 heterocycles. The van der Waals surface area contributed by atoms with Crippen molar-refractivity contribution in [1.29, 1.82) is 0 Å². The van der Waals surface area contributed by atoms with Crippen molar-refractivity contribution in [3.63, 3.8) is 0 Å². The van der Waals surface area contributed by atoms with Crippen LogP contribution in [-0.4, -0.2) is 40.7 Å². The minimum atomic E-state index is -4.35. The molecule has 0 radical (unpaired) electrons. The fraction of sp³-hybridized carbons (Fsp3) is 0.556. The first kappa shape index (κ1) is 21.7. The highest BCUT2D eigenvalue weighted by Gasteiger charge is 2.30. The summed E-state index contributed by atoms with van der Waals surface area (Å²) in [6.45, 7) is 5.63. The summed E-state index contributed by atoms with van der Waals surface area (Å²) < 4.78 is 43.0. The molecule has 1 atom stereocenters. The molecule has 2 aromatic rings. The van der Waals surface area contributed by atoms with Gasteiger partial charge in [0.05, 0.1) is 12.1 Å².